The summed E-state index contributed by atoms with van der Waals surface area (Å²) in [5, 5.41) is 6.41. The van der Waals surface area contributed by atoms with Crippen molar-refractivity contribution in [1.82, 2.24) is 5.32 Å². The molecule has 1 amide bonds. The van der Waals surface area contributed by atoms with Crippen LogP contribution in [0.4, 0.5) is 0 Å². The summed E-state index contributed by atoms with van der Waals surface area (Å²) in [7, 11) is 1.57. The van der Waals surface area contributed by atoms with E-state index in [0.717, 1.165) is 6.42 Å². The predicted octanol–water partition coefficient (Wildman–Crippen LogP) is 1.90. The Labute approximate surface area is 81.7 Å². The van der Waals surface area contributed by atoms with Crippen LogP contribution in [0.3, 0.4) is 0 Å². The molecular weight excluding hydrogens is 186 g/mol. The summed E-state index contributed by atoms with van der Waals surface area (Å²) in [4.78, 5) is 11.5. The Bertz CT molecular complexity index is 283. The number of methoxy groups -OCH3 is 1. The fourth-order valence-corrected chi connectivity index (χ4v) is 1.72. The van der Waals surface area contributed by atoms with Crippen LogP contribution < -0.4 is 10.1 Å². The van der Waals surface area contributed by atoms with E-state index in [1.807, 2.05) is 12.3 Å². The van der Waals surface area contributed by atoms with E-state index in [9.17, 15) is 4.79 Å². The number of carbonyl (C=O) groups is 1. The summed E-state index contributed by atoms with van der Waals surface area (Å²) in [6.45, 7) is 2.73. The summed E-state index contributed by atoms with van der Waals surface area (Å²) in [5.74, 6) is 0.596. The Morgan fingerprint density at radius 2 is 2.38 bits per heavy atom. The number of ether oxygens (including phenoxy) is 1. The van der Waals surface area contributed by atoms with E-state index in [2.05, 4.69) is 5.32 Å². The molecule has 1 aromatic heterocycles. The molecule has 0 saturated carbocycles. The summed E-state index contributed by atoms with van der Waals surface area (Å²) in [5.41, 5.74) is 0.626. The van der Waals surface area contributed by atoms with Crippen molar-refractivity contribution in [2.45, 2.75) is 13.3 Å². The molecule has 0 unspecified atom stereocenters. The highest BCUT2D eigenvalue weighted by molar-refractivity contribution is 7.08. The van der Waals surface area contributed by atoms with Gasteiger partial charge in [0.05, 0.1) is 12.7 Å². The molecule has 72 valence electrons. The predicted molar refractivity (Wildman–Crippen MR) is 53.5 cm³/mol. The summed E-state index contributed by atoms with van der Waals surface area (Å²) >= 11 is 1.47. The molecule has 1 N–H and O–H groups in total. The summed E-state index contributed by atoms with van der Waals surface area (Å²) in [6.07, 6.45) is 0.943. The molecule has 0 aliphatic carbocycles. The van der Waals surface area contributed by atoms with Crippen molar-refractivity contribution in [1.29, 1.82) is 0 Å². The second-order valence-corrected chi connectivity index (χ2v) is 3.35. The molecular formula is C9H13NO2S. The van der Waals surface area contributed by atoms with Gasteiger partial charge in [0.1, 0.15) is 5.75 Å². The topological polar surface area (TPSA) is 38.3 Å². The van der Waals surface area contributed by atoms with E-state index in [1.165, 1.54) is 11.3 Å². The third kappa shape index (κ3) is 2.45. The number of rotatable bonds is 4. The molecule has 0 spiro atoms. The molecule has 3 nitrogen and oxygen atoms in total. The maximum Gasteiger partial charge on any atom is 0.255 e. The van der Waals surface area contributed by atoms with E-state index < -0.39 is 0 Å². The molecule has 13 heavy (non-hydrogen) atoms. The van der Waals surface area contributed by atoms with E-state index >= 15 is 0 Å². The van der Waals surface area contributed by atoms with Crippen molar-refractivity contribution >= 4 is 17.2 Å². The number of carbonyl (C=O) groups excluding carboxylic acids is 1. The van der Waals surface area contributed by atoms with Crippen molar-refractivity contribution < 1.29 is 9.53 Å². The van der Waals surface area contributed by atoms with Crippen molar-refractivity contribution in [3.05, 3.63) is 16.3 Å². The summed E-state index contributed by atoms with van der Waals surface area (Å²) < 4.78 is 5.04. The van der Waals surface area contributed by atoms with Crippen LogP contribution >= 0.6 is 11.3 Å². The minimum atomic E-state index is -0.0556. The number of hydrogen-bond acceptors (Lipinski definition) is 3. The highest BCUT2D eigenvalue weighted by atomic mass is 32.1. The number of nitrogens with one attached hydrogen (secondary N) is 1. The van der Waals surface area contributed by atoms with E-state index in [1.54, 1.807) is 12.5 Å². The molecule has 4 heteroatoms. The lowest BCUT2D eigenvalue weighted by atomic mass is 10.3. The van der Waals surface area contributed by atoms with E-state index in [4.69, 9.17) is 4.74 Å². The van der Waals surface area contributed by atoms with E-state index in [-0.39, 0.29) is 5.91 Å². The molecule has 0 aliphatic rings. The molecule has 1 heterocycles. The first-order valence-electron chi connectivity index (χ1n) is 4.18. The van der Waals surface area contributed by atoms with Gasteiger partial charge in [0.2, 0.25) is 0 Å². The monoisotopic (exact) mass is 199 g/mol. The average molecular weight is 199 g/mol. The lowest BCUT2D eigenvalue weighted by Crippen LogP contribution is -2.23. The van der Waals surface area contributed by atoms with Crippen LogP contribution in [0.15, 0.2) is 10.8 Å². The van der Waals surface area contributed by atoms with Crippen LogP contribution in [0.25, 0.3) is 0 Å². The largest absolute Gasteiger partial charge is 0.495 e. The fourth-order valence-electron chi connectivity index (χ4n) is 0.943. The van der Waals surface area contributed by atoms with Gasteiger partial charge in [0.15, 0.2) is 0 Å². The van der Waals surface area contributed by atoms with Gasteiger partial charge in [-0.3, -0.25) is 4.79 Å². The van der Waals surface area contributed by atoms with Crippen LogP contribution in [0.2, 0.25) is 0 Å². The van der Waals surface area contributed by atoms with Gasteiger partial charge in [-0.05, 0) is 6.42 Å². The lowest BCUT2D eigenvalue weighted by Gasteiger charge is -2.03. The van der Waals surface area contributed by atoms with Crippen molar-refractivity contribution in [2.75, 3.05) is 13.7 Å². The van der Waals surface area contributed by atoms with Crippen LogP contribution in [-0.2, 0) is 0 Å². The molecule has 0 fully saturated rings. The first-order valence-corrected chi connectivity index (χ1v) is 5.12. The Kier molecular flexibility index (Phi) is 3.76. The number of amides is 1. The zero-order valence-corrected chi connectivity index (χ0v) is 8.61. The first kappa shape index (κ1) is 10.1. The van der Waals surface area contributed by atoms with Crippen molar-refractivity contribution in [3.8, 4) is 5.75 Å². The fraction of sp³-hybridized carbons (Fsp3) is 0.444. The normalized spacial score (nSPS) is 9.69. The maximum absolute atomic E-state index is 11.5. The standard InChI is InChI=1S/C9H13NO2S/c1-3-4-10-9(11)7-5-13-6-8(7)12-2/h5-6H,3-4H2,1-2H3,(H,10,11). The highest BCUT2D eigenvalue weighted by Crippen LogP contribution is 2.22. The van der Waals surface area contributed by atoms with E-state index in [0.29, 0.717) is 17.9 Å². The van der Waals surface area contributed by atoms with Crippen molar-refractivity contribution in [2.24, 2.45) is 0 Å². The Morgan fingerprint density at radius 1 is 1.62 bits per heavy atom. The van der Waals surface area contributed by atoms with Gasteiger partial charge in [-0.1, -0.05) is 6.92 Å². The van der Waals surface area contributed by atoms with Crippen molar-refractivity contribution in [3.63, 3.8) is 0 Å². The average Bonchev–Trinajstić information content (AvgIpc) is 2.61. The Morgan fingerprint density at radius 3 is 3.00 bits per heavy atom. The molecule has 1 rings (SSSR count). The van der Waals surface area contributed by atoms with Crippen LogP contribution in [-0.4, -0.2) is 19.6 Å². The number of thiophene rings is 1. The van der Waals surface area contributed by atoms with Crippen LogP contribution in [0.1, 0.15) is 23.7 Å². The van der Waals surface area contributed by atoms with Crippen LogP contribution in [0.5, 0.6) is 5.75 Å². The minimum Gasteiger partial charge on any atom is -0.495 e. The quantitative estimate of drug-likeness (QED) is 0.804. The second-order valence-electron chi connectivity index (χ2n) is 2.61. The van der Waals surface area contributed by atoms with Crippen LogP contribution in [0, 0.1) is 0 Å². The molecule has 0 radical (unpaired) electrons. The van der Waals surface area contributed by atoms with Gasteiger partial charge in [0, 0.05) is 17.3 Å². The SMILES string of the molecule is CCCNC(=O)c1cscc1OC. The third-order valence-corrected chi connectivity index (χ3v) is 2.35. The lowest BCUT2D eigenvalue weighted by molar-refractivity contribution is 0.0951. The van der Waals surface area contributed by atoms with Gasteiger partial charge < -0.3 is 10.1 Å². The van der Waals surface area contributed by atoms with Gasteiger partial charge in [-0.15, -0.1) is 11.3 Å². The third-order valence-electron chi connectivity index (χ3n) is 1.63. The Balaban J connectivity index is 2.65. The van der Waals surface area contributed by atoms with Gasteiger partial charge in [-0.25, -0.2) is 0 Å². The molecule has 1 aromatic rings. The highest BCUT2D eigenvalue weighted by Gasteiger charge is 2.11. The molecule has 0 aliphatic heterocycles. The van der Waals surface area contributed by atoms with Gasteiger partial charge in [0.25, 0.3) is 5.91 Å². The minimum absolute atomic E-state index is 0.0556. The molecule has 0 aromatic carbocycles. The maximum atomic E-state index is 11.5. The molecule has 0 bridgehead atoms. The smallest absolute Gasteiger partial charge is 0.255 e. The van der Waals surface area contributed by atoms with Gasteiger partial charge >= 0.3 is 0 Å². The zero-order chi connectivity index (χ0) is 9.68. The summed E-state index contributed by atoms with van der Waals surface area (Å²) in [6, 6.07) is 0. The number of hydrogen-bond donors (Lipinski definition) is 1. The zero-order valence-electron chi connectivity index (χ0n) is 7.79. The Hall–Kier alpha value is -1.03. The molecule has 0 atom stereocenters. The second kappa shape index (κ2) is 4.87. The molecule has 0 saturated heterocycles. The van der Waals surface area contributed by atoms with Gasteiger partial charge in [-0.2, -0.15) is 0 Å². The first-order chi connectivity index (χ1) is 6.29.